The molecular formula is C24H40IN5O2. The van der Waals surface area contributed by atoms with Gasteiger partial charge in [0.25, 0.3) is 0 Å². The van der Waals surface area contributed by atoms with Crippen molar-refractivity contribution in [2.24, 2.45) is 10.9 Å². The van der Waals surface area contributed by atoms with Gasteiger partial charge in [0.15, 0.2) is 5.96 Å². The quantitative estimate of drug-likeness (QED) is 0.175. The second kappa shape index (κ2) is 14.7. The fourth-order valence-corrected chi connectivity index (χ4v) is 4.50. The Kier molecular flexibility index (Phi) is 12.3. The van der Waals surface area contributed by atoms with Crippen molar-refractivity contribution < 1.29 is 9.53 Å². The first kappa shape index (κ1) is 26.9. The van der Waals surface area contributed by atoms with Gasteiger partial charge in [0.2, 0.25) is 0 Å². The Labute approximate surface area is 210 Å². The Morgan fingerprint density at radius 1 is 1.03 bits per heavy atom. The SMILES string of the molecule is CN=C(NCCCCN1CCN(Cc2ccccc2)CC1)N1CCC(C(=O)OC)CC1.I. The van der Waals surface area contributed by atoms with Crippen LogP contribution in [0.25, 0.3) is 0 Å². The number of piperazine rings is 1. The van der Waals surface area contributed by atoms with Crippen molar-refractivity contribution in [3.05, 3.63) is 35.9 Å². The lowest BCUT2D eigenvalue weighted by Gasteiger charge is -2.35. The maximum atomic E-state index is 11.7. The molecule has 1 N–H and O–H groups in total. The van der Waals surface area contributed by atoms with Crippen molar-refractivity contribution in [2.75, 3.05) is 66.5 Å². The van der Waals surface area contributed by atoms with Crippen molar-refractivity contribution in [3.8, 4) is 0 Å². The van der Waals surface area contributed by atoms with Gasteiger partial charge in [-0.25, -0.2) is 0 Å². The van der Waals surface area contributed by atoms with Gasteiger partial charge in [-0.3, -0.25) is 14.7 Å². The summed E-state index contributed by atoms with van der Waals surface area (Å²) >= 11 is 0. The molecule has 7 nitrogen and oxygen atoms in total. The van der Waals surface area contributed by atoms with E-state index in [1.165, 1.54) is 25.6 Å². The van der Waals surface area contributed by atoms with Gasteiger partial charge in [0.05, 0.1) is 13.0 Å². The van der Waals surface area contributed by atoms with Gasteiger partial charge in [-0.2, -0.15) is 0 Å². The van der Waals surface area contributed by atoms with Crippen molar-refractivity contribution in [1.82, 2.24) is 20.0 Å². The molecular weight excluding hydrogens is 517 g/mol. The minimum Gasteiger partial charge on any atom is -0.469 e. The monoisotopic (exact) mass is 557 g/mol. The predicted octanol–water partition coefficient (Wildman–Crippen LogP) is 2.66. The summed E-state index contributed by atoms with van der Waals surface area (Å²) in [7, 11) is 3.31. The van der Waals surface area contributed by atoms with Gasteiger partial charge in [-0.15, -0.1) is 24.0 Å². The van der Waals surface area contributed by atoms with Crippen LogP contribution in [0.2, 0.25) is 0 Å². The number of guanidine groups is 1. The number of carbonyl (C=O) groups is 1. The van der Waals surface area contributed by atoms with E-state index in [2.05, 4.69) is 55.3 Å². The van der Waals surface area contributed by atoms with E-state index in [1.54, 1.807) is 0 Å². The van der Waals surface area contributed by atoms with Crippen LogP contribution in [0.3, 0.4) is 0 Å². The number of hydrogen-bond acceptors (Lipinski definition) is 5. The van der Waals surface area contributed by atoms with Crippen LogP contribution in [0.4, 0.5) is 0 Å². The average Bonchev–Trinajstić information content (AvgIpc) is 2.83. The standard InChI is InChI=1S/C24H39N5O2.HI/c1-25-24(29-14-10-22(11-15-29)23(30)31-2)26-12-6-7-13-27-16-18-28(19-17-27)20-21-8-4-3-5-9-21;/h3-5,8-9,22H,6-7,10-20H2,1-2H3,(H,25,26);1H. The second-order valence-corrected chi connectivity index (χ2v) is 8.57. The number of halogens is 1. The van der Waals surface area contributed by atoms with Gasteiger partial charge in [0, 0.05) is 59.4 Å². The lowest BCUT2D eigenvalue weighted by molar-refractivity contribution is -0.146. The number of piperidine rings is 1. The molecule has 0 spiro atoms. The number of esters is 1. The zero-order chi connectivity index (χ0) is 21.9. The van der Waals surface area contributed by atoms with E-state index >= 15 is 0 Å². The Hall–Kier alpha value is -1.39. The third kappa shape index (κ3) is 8.51. The highest BCUT2D eigenvalue weighted by Crippen LogP contribution is 2.18. The molecule has 2 fully saturated rings. The molecule has 0 bridgehead atoms. The number of aliphatic imine (C=N–C) groups is 1. The van der Waals surface area contributed by atoms with Gasteiger partial charge in [-0.1, -0.05) is 30.3 Å². The number of unbranched alkanes of at least 4 members (excludes halogenated alkanes) is 1. The van der Waals surface area contributed by atoms with Crippen molar-refractivity contribution in [1.29, 1.82) is 0 Å². The van der Waals surface area contributed by atoms with Crippen LogP contribution in [0, 0.1) is 5.92 Å². The number of ether oxygens (including phenoxy) is 1. The summed E-state index contributed by atoms with van der Waals surface area (Å²) in [4.78, 5) is 23.5. The lowest BCUT2D eigenvalue weighted by atomic mass is 9.97. The highest BCUT2D eigenvalue weighted by Gasteiger charge is 2.26. The average molecular weight is 558 g/mol. The lowest BCUT2D eigenvalue weighted by Crippen LogP contribution is -2.47. The van der Waals surface area contributed by atoms with Crippen molar-refractivity contribution >= 4 is 35.9 Å². The molecule has 2 aliphatic rings. The molecule has 0 saturated carbocycles. The van der Waals surface area contributed by atoms with E-state index < -0.39 is 0 Å². The highest BCUT2D eigenvalue weighted by atomic mass is 127. The number of rotatable bonds is 8. The number of carbonyl (C=O) groups excluding carboxylic acids is 1. The molecule has 8 heteroatoms. The molecule has 0 aliphatic carbocycles. The van der Waals surface area contributed by atoms with E-state index in [1.807, 2.05) is 7.05 Å². The van der Waals surface area contributed by atoms with E-state index in [-0.39, 0.29) is 35.9 Å². The number of methoxy groups -OCH3 is 1. The topological polar surface area (TPSA) is 60.4 Å². The predicted molar refractivity (Wildman–Crippen MR) is 140 cm³/mol. The van der Waals surface area contributed by atoms with Gasteiger partial charge >= 0.3 is 5.97 Å². The first-order chi connectivity index (χ1) is 15.2. The van der Waals surface area contributed by atoms with Crippen LogP contribution < -0.4 is 5.32 Å². The molecule has 3 rings (SSSR count). The molecule has 0 radical (unpaired) electrons. The molecule has 1 aromatic rings. The normalized spacial score (nSPS) is 18.8. The maximum Gasteiger partial charge on any atom is 0.308 e. The van der Waals surface area contributed by atoms with Crippen LogP contribution in [0.5, 0.6) is 0 Å². The van der Waals surface area contributed by atoms with Crippen LogP contribution in [0.15, 0.2) is 35.3 Å². The first-order valence-corrected chi connectivity index (χ1v) is 11.7. The highest BCUT2D eigenvalue weighted by molar-refractivity contribution is 14.0. The Balaban J connectivity index is 0.00000363. The molecule has 2 aliphatic heterocycles. The third-order valence-corrected chi connectivity index (χ3v) is 6.44. The minimum atomic E-state index is -0.0801. The van der Waals surface area contributed by atoms with Crippen LogP contribution in [-0.2, 0) is 16.1 Å². The number of hydrogen-bond donors (Lipinski definition) is 1. The first-order valence-electron chi connectivity index (χ1n) is 11.7. The molecule has 0 atom stereocenters. The van der Waals surface area contributed by atoms with Gasteiger partial charge < -0.3 is 19.9 Å². The Morgan fingerprint density at radius 2 is 1.69 bits per heavy atom. The fourth-order valence-electron chi connectivity index (χ4n) is 4.50. The van der Waals surface area contributed by atoms with Crippen LogP contribution in [0.1, 0.15) is 31.2 Å². The summed E-state index contributed by atoms with van der Waals surface area (Å²) in [5, 5.41) is 3.50. The smallest absolute Gasteiger partial charge is 0.308 e. The van der Waals surface area contributed by atoms with Crippen LogP contribution >= 0.6 is 24.0 Å². The number of nitrogens with zero attached hydrogens (tertiary/aromatic N) is 4. The number of nitrogens with one attached hydrogen (secondary N) is 1. The summed E-state index contributed by atoms with van der Waals surface area (Å²) in [6.45, 7) is 9.52. The molecule has 0 amide bonds. The zero-order valence-corrected chi connectivity index (χ0v) is 22.0. The largest absolute Gasteiger partial charge is 0.469 e. The van der Waals surface area contributed by atoms with Gasteiger partial charge in [-0.05, 0) is 37.8 Å². The van der Waals surface area contributed by atoms with Crippen molar-refractivity contribution in [3.63, 3.8) is 0 Å². The third-order valence-electron chi connectivity index (χ3n) is 6.44. The van der Waals surface area contributed by atoms with E-state index in [0.717, 1.165) is 77.6 Å². The van der Waals surface area contributed by atoms with Crippen molar-refractivity contribution in [2.45, 2.75) is 32.2 Å². The molecule has 2 heterocycles. The molecule has 0 unspecified atom stereocenters. The maximum absolute atomic E-state index is 11.7. The van der Waals surface area contributed by atoms with E-state index in [4.69, 9.17) is 4.74 Å². The second-order valence-electron chi connectivity index (χ2n) is 8.57. The molecule has 180 valence electrons. The van der Waals surface area contributed by atoms with Gasteiger partial charge in [0.1, 0.15) is 0 Å². The zero-order valence-electron chi connectivity index (χ0n) is 19.7. The molecule has 0 aromatic heterocycles. The molecule has 32 heavy (non-hydrogen) atoms. The summed E-state index contributed by atoms with van der Waals surface area (Å²) in [6.07, 6.45) is 4.02. The van der Waals surface area contributed by atoms with E-state index in [9.17, 15) is 4.79 Å². The summed E-state index contributed by atoms with van der Waals surface area (Å²) < 4.78 is 4.88. The summed E-state index contributed by atoms with van der Waals surface area (Å²) in [5.74, 6) is 0.911. The number of benzene rings is 1. The molecule has 2 saturated heterocycles. The summed E-state index contributed by atoms with van der Waals surface area (Å²) in [5.41, 5.74) is 1.41. The summed E-state index contributed by atoms with van der Waals surface area (Å²) in [6, 6.07) is 10.8. The molecule has 1 aromatic carbocycles. The Bertz CT molecular complexity index is 687. The fraction of sp³-hybridized carbons (Fsp3) is 0.667. The number of likely N-dealkylation sites (tertiary alicyclic amines) is 1. The van der Waals surface area contributed by atoms with Crippen LogP contribution in [-0.4, -0.2) is 93.1 Å². The van der Waals surface area contributed by atoms with E-state index in [0.29, 0.717) is 0 Å². The minimum absolute atomic E-state index is 0. The Morgan fingerprint density at radius 3 is 2.31 bits per heavy atom.